The summed E-state index contributed by atoms with van der Waals surface area (Å²) in [4.78, 5) is 14.4. The first-order chi connectivity index (χ1) is 12.4. The van der Waals surface area contributed by atoms with Crippen molar-refractivity contribution in [2.75, 3.05) is 13.1 Å². The van der Waals surface area contributed by atoms with E-state index in [1.807, 2.05) is 0 Å². The maximum atomic E-state index is 13.3. The predicted molar refractivity (Wildman–Crippen MR) is 94.3 cm³/mol. The Bertz CT molecular complexity index is 933. The van der Waals surface area contributed by atoms with Gasteiger partial charge in [0, 0.05) is 30.2 Å². The number of benzene rings is 1. The molecule has 2 aliphatic heterocycles. The molecule has 4 rings (SSSR count). The molecule has 0 saturated carbocycles. The molecule has 2 aliphatic rings. The first-order valence-electron chi connectivity index (χ1n) is 8.32. The monoisotopic (exact) mass is 395 g/mol. The summed E-state index contributed by atoms with van der Waals surface area (Å²) in [6.45, 7) is 2.46. The molecule has 0 aliphatic carbocycles. The lowest BCUT2D eigenvalue weighted by atomic mass is 10.2. The number of aryl methyl sites for hydroxylation is 1. The minimum absolute atomic E-state index is 0.230. The molecule has 2 aromatic rings. The van der Waals surface area contributed by atoms with Crippen LogP contribution in [0, 0.1) is 6.92 Å². The van der Waals surface area contributed by atoms with Crippen molar-refractivity contribution in [2.24, 2.45) is 0 Å². The van der Waals surface area contributed by atoms with Gasteiger partial charge in [-0.15, -0.1) is 0 Å². The second-order valence-corrected chi connectivity index (χ2v) is 8.94. The number of carbonyl (C=O) groups is 1. The van der Waals surface area contributed by atoms with Gasteiger partial charge in [-0.1, -0.05) is 17.7 Å². The molecule has 3 heterocycles. The molecule has 1 aromatic carbocycles. The third-order valence-electron chi connectivity index (χ3n) is 5.04. The molecule has 26 heavy (non-hydrogen) atoms. The minimum atomic E-state index is -3.68. The number of sulfonamides is 1. The Kier molecular flexibility index (Phi) is 4.25. The molecule has 138 valence electrons. The highest BCUT2D eigenvalue weighted by atomic mass is 35.5. The van der Waals surface area contributed by atoms with Crippen molar-refractivity contribution in [3.8, 4) is 0 Å². The molecule has 1 amide bonds. The first-order valence-corrected chi connectivity index (χ1v) is 10.1. The molecule has 2 saturated heterocycles. The second-order valence-electron chi connectivity index (χ2n) is 6.70. The molecule has 1 aromatic heterocycles. The average molecular weight is 396 g/mol. The number of piperazine rings is 1. The summed E-state index contributed by atoms with van der Waals surface area (Å²) in [7, 11) is -3.68. The predicted octanol–water partition coefficient (Wildman–Crippen LogP) is 1.44. The van der Waals surface area contributed by atoms with Gasteiger partial charge in [0.05, 0.1) is 11.1 Å². The van der Waals surface area contributed by atoms with Crippen molar-refractivity contribution in [2.45, 2.75) is 36.7 Å². The Morgan fingerprint density at radius 1 is 1.27 bits per heavy atom. The van der Waals surface area contributed by atoms with Crippen LogP contribution in [0.2, 0.25) is 5.02 Å². The molecule has 2 unspecified atom stereocenters. The lowest BCUT2D eigenvalue weighted by Gasteiger charge is -2.40. The summed E-state index contributed by atoms with van der Waals surface area (Å²) in [5.74, 6) is -0.230. The third-order valence-corrected chi connectivity index (χ3v) is 7.42. The standard InChI is InChI=1S/C16H18ClN5O3S/c1-10-2-3-11(17)6-15(10)26(24,25)22-12-4-5-13(22)9-21(8-12)16(23)14-7-18-20-19-14/h2-3,6-7,12-13H,4-5,8-9H2,1H3,(H,18,19,20). The molecule has 1 N–H and O–H groups in total. The molecule has 10 heteroatoms. The van der Waals surface area contributed by atoms with Crippen LogP contribution in [0.3, 0.4) is 0 Å². The number of likely N-dealkylation sites (tertiary alicyclic amines) is 1. The fourth-order valence-electron chi connectivity index (χ4n) is 3.85. The molecular formula is C16H18ClN5O3S. The van der Waals surface area contributed by atoms with E-state index in [0.29, 0.717) is 23.7 Å². The van der Waals surface area contributed by atoms with E-state index in [9.17, 15) is 13.2 Å². The summed E-state index contributed by atoms with van der Waals surface area (Å²) in [6.07, 6.45) is 2.83. The van der Waals surface area contributed by atoms with Crippen LogP contribution in [0.15, 0.2) is 29.3 Å². The normalized spacial score (nSPS) is 23.4. The minimum Gasteiger partial charge on any atom is -0.334 e. The number of carbonyl (C=O) groups excluding carboxylic acids is 1. The number of hydrogen-bond acceptors (Lipinski definition) is 5. The molecule has 2 atom stereocenters. The molecule has 0 spiro atoms. The lowest BCUT2D eigenvalue weighted by molar-refractivity contribution is 0.0609. The van der Waals surface area contributed by atoms with Gasteiger partial charge < -0.3 is 4.90 Å². The Morgan fingerprint density at radius 2 is 1.96 bits per heavy atom. The molecular weight excluding hydrogens is 378 g/mol. The first kappa shape index (κ1) is 17.4. The highest BCUT2D eigenvalue weighted by Gasteiger charge is 2.48. The number of hydrogen-bond donors (Lipinski definition) is 1. The Balaban J connectivity index is 1.62. The number of rotatable bonds is 3. The second kappa shape index (κ2) is 6.33. The van der Waals surface area contributed by atoms with Crippen LogP contribution in [-0.4, -0.2) is 64.1 Å². The van der Waals surface area contributed by atoms with Gasteiger partial charge in [0.2, 0.25) is 10.0 Å². The zero-order valence-corrected chi connectivity index (χ0v) is 15.7. The number of H-pyrrole nitrogens is 1. The summed E-state index contributed by atoms with van der Waals surface area (Å²) in [5.41, 5.74) is 0.904. The van der Waals surface area contributed by atoms with Gasteiger partial charge in [-0.05, 0) is 37.5 Å². The van der Waals surface area contributed by atoms with Crippen LogP contribution < -0.4 is 0 Å². The van der Waals surface area contributed by atoms with E-state index in [0.717, 1.165) is 12.8 Å². The number of aromatic nitrogens is 3. The van der Waals surface area contributed by atoms with E-state index >= 15 is 0 Å². The zero-order chi connectivity index (χ0) is 18.5. The van der Waals surface area contributed by atoms with E-state index in [4.69, 9.17) is 11.6 Å². The quantitative estimate of drug-likeness (QED) is 0.847. The van der Waals surface area contributed by atoms with Gasteiger partial charge >= 0.3 is 0 Å². The van der Waals surface area contributed by atoms with Crippen LogP contribution in [-0.2, 0) is 10.0 Å². The van der Waals surface area contributed by atoms with Gasteiger partial charge in [-0.2, -0.15) is 19.7 Å². The van der Waals surface area contributed by atoms with E-state index in [-0.39, 0.29) is 28.6 Å². The van der Waals surface area contributed by atoms with Gasteiger partial charge in [0.15, 0.2) is 5.69 Å². The van der Waals surface area contributed by atoms with Crippen LogP contribution in [0.1, 0.15) is 28.9 Å². The zero-order valence-electron chi connectivity index (χ0n) is 14.1. The lowest BCUT2D eigenvalue weighted by Crippen LogP contribution is -2.57. The van der Waals surface area contributed by atoms with Crippen molar-refractivity contribution < 1.29 is 13.2 Å². The van der Waals surface area contributed by atoms with Gasteiger partial charge in [-0.3, -0.25) is 4.79 Å². The Morgan fingerprint density at radius 3 is 2.58 bits per heavy atom. The van der Waals surface area contributed by atoms with Crippen molar-refractivity contribution in [3.63, 3.8) is 0 Å². The smallest absolute Gasteiger partial charge is 0.276 e. The molecule has 8 nitrogen and oxygen atoms in total. The van der Waals surface area contributed by atoms with Crippen LogP contribution in [0.25, 0.3) is 0 Å². The topological polar surface area (TPSA) is 99.3 Å². The summed E-state index contributed by atoms with van der Waals surface area (Å²) >= 11 is 6.02. The average Bonchev–Trinajstić information content (AvgIpc) is 3.23. The molecule has 2 bridgehead atoms. The fraction of sp³-hybridized carbons (Fsp3) is 0.438. The number of amides is 1. The van der Waals surface area contributed by atoms with E-state index < -0.39 is 10.0 Å². The SMILES string of the molecule is Cc1ccc(Cl)cc1S(=O)(=O)N1C2CCC1CN(C(=O)c1cn[nH]n1)C2. The third kappa shape index (κ3) is 2.80. The maximum absolute atomic E-state index is 13.3. The van der Waals surface area contributed by atoms with Crippen molar-refractivity contribution in [1.29, 1.82) is 0 Å². The van der Waals surface area contributed by atoms with Crippen molar-refractivity contribution >= 4 is 27.5 Å². The van der Waals surface area contributed by atoms with E-state index in [2.05, 4.69) is 15.4 Å². The number of nitrogens with zero attached hydrogens (tertiary/aromatic N) is 4. The number of halogens is 1. The highest BCUT2D eigenvalue weighted by molar-refractivity contribution is 7.89. The van der Waals surface area contributed by atoms with E-state index in [1.165, 1.54) is 12.3 Å². The van der Waals surface area contributed by atoms with Crippen LogP contribution in [0.5, 0.6) is 0 Å². The Hall–Kier alpha value is -1.97. The van der Waals surface area contributed by atoms with Crippen LogP contribution >= 0.6 is 11.6 Å². The largest absolute Gasteiger partial charge is 0.334 e. The van der Waals surface area contributed by atoms with Crippen molar-refractivity contribution in [1.82, 2.24) is 24.6 Å². The Labute approximate surface area is 156 Å². The van der Waals surface area contributed by atoms with Gasteiger partial charge in [0.1, 0.15) is 0 Å². The maximum Gasteiger partial charge on any atom is 0.276 e. The van der Waals surface area contributed by atoms with E-state index in [1.54, 1.807) is 28.3 Å². The summed E-state index contributed by atoms with van der Waals surface area (Å²) in [5, 5.41) is 10.3. The number of nitrogens with one attached hydrogen (secondary N) is 1. The molecule has 0 radical (unpaired) electrons. The summed E-state index contributed by atoms with van der Waals surface area (Å²) < 4.78 is 28.1. The highest BCUT2D eigenvalue weighted by Crippen LogP contribution is 2.37. The van der Waals surface area contributed by atoms with Crippen molar-refractivity contribution in [3.05, 3.63) is 40.7 Å². The number of aromatic amines is 1. The number of fused-ring (bicyclic) bond motifs is 2. The van der Waals surface area contributed by atoms with Gasteiger partial charge in [-0.25, -0.2) is 8.42 Å². The fourth-order valence-corrected chi connectivity index (χ4v) is 6.20. The van der Waals surface area contributed by atoms with Crippen LogP contribution in [0.4, 0.5) is 0 Å². The summed E-state index contributed by atoms with van der Waals surface area (Å²) in [6, 6.07) is 4.40. The molecule has 2 fully saturated rings. The van der Waals surface area contributed by atoms with Gasteiger partial charge in [0.25, 0.3) is 5.91 Å².